The van der Waals surface area contributed by atoms with E-state index in [1.165, 1.54) is 12.1 Å². The van der Waals surface area contributed by atoms with Crippen LogP contribution in [0.5, 0.6) is 5.75 Å². The number of nitrogens with one attached hydrogen (secondary N) is 1. The number of hydrogen-bond donors (Lipinski definition) is 1. The monoisotopic (exact) mass is 267 g/mol. The van der Waals surface area contributed by atoms with E-state index in [4.69, 9.17) is 0 Å². The van der Waals surface area contributed by atoms with E-state index in [-0.39, 0.29) is 5.75 Å². The van der Waals surface area contributed by atoms with Gasteiger partial charge in [-0.1, -0.05) is 42.5 Å². The summed E-state index contributed by atoms with van der Waals surface area (Å²) in [4.78, 5) is 0. The summed E-state index contributed by atoms with van der Waals surface area (Å²) in [6.07, 6.45) is -4.69. The lowest BCUT2D eigenvalue weighted by Crippen LogP contribution is -2.18. The fourth-order valence-corrected chi connectivity index (χ4v) is 1.62. The first-order valence-electron chi connectivity index (χ1n) is 5.67. The third kappa shape index (κ3) is 4.21. The summed E-state index contributed by atoms with van der Waals surface area (Å²) in [5, 5.41) is 2.93. The molecule has 0 aromatic heterocycles. The minimum atomic E-state index is -4.69. The van der Waals surface area contributed by atoms with Crippen LogP contribution in [0.2, 0.25) is 0 Å². The Morgan fingerprint density at radius 2 is 1.53 bits per heavy atom. The maximum atomic E-state index is 12.2. The highest BCUT2D eigenvalue weighted by Gasteiger charge is 2.31. The van der Waals surface area contributed by atoms with Crippen LogP contribution in [0.4, 0.5) is 18.9 Å². The van der Waals surface area contributed by atoms with Crippen molar-refractivity contribution in [2.75, 3.05) is 5.32 Å². The predicted octanol–water partition coefficient (Wildman–Crippen LogP) is 4.20. The molecule has 0 aliphatic heterocycles. The van der Waals surface area contributed by atoms with Crippen LogP contribution in [0.25, 0.3) is 0 Å². The van der Waals surface area contributed by atoms with Crippen molar-refractivity contribution in [3.63, 3.8) is 0 Å². The molecule has 0 aliphatic carbocycles. The van der Waals surface area contributed by atoms with Crippen LogP contribution in [0.3, 0.4) is 0 Å². The molecule has 0 aliphatic rings. The van der Waals surface area contributed by atoms with Gasteiger partial charge in [0.05, 0.1) is 5.69 Å². The molecule has 0 radical (unpaired) electrons. The number of benzene rings is 2. The van der Waals surface area contributed by atoms with Crippen molar-refractivity contribution in [3.8, 4) is 5.75 Å². The Hall–Kier alpha value is -2.17. The smallest absolute Gasteiger partial charge is 0.404 e. The van der Waals surface area contributed by atoms with Gasteiger partial charge in [0.2, 0.25) is 0 Å². The molecule has 2 aromatic carbocycles. The number of ether oxygens (including phenoxy) is 1. The van der Waals surface area contributed by atoms with Gasteiger partial charge in [-0.25, -0.2) is 0 Å². The van der Waals surface area contributed by atoms with Crippen molar-refractivity contribution < 1.29 is 17.9 Å². The first-order chi connectivity index (χ1) is 9.04. The second kappa shape index (κ2) is 5.65. The molecular weight excluding hydrogens is 255 g/mol. The van der Waals surface area contributed by atoms with E-state index in [2.05, 4.69) is 10.1 Å². The zero-order chi connectivity index (χ0) is 13.7. The lowest BCUT2D eigenvalue weighted by Gasteiger charge is -2.14. The second-order valence-electron chi connectivity index (χ2n) is 3.88. The molecular formula is C14H12F3NO. The van der Waals surface area contributed by atoms with E-state index >= 15 is 0 Å². The van der Waals surface area contributed by atoms with Crippen molar-refractivity contribution in [2.24, 2.45) is 0 Å². The van der Waals surface area contributed by atoms with Gasteiger partial charge in [-0.2, -0.15) is 0 Å². The van der Waals surface area contributed by atoms with Gasteiger partial charge in [-0.3, -0.25) is 0 Å². The Balaban J connectivity index is 2.08. The molecule has 5 heteroatoms. The fourth-order valence-electron chi connectivity index (χ4n) is 1.62. The fraction of sp³-hybridized carbons (Fsp3) is 0.143. The predicted molar refractivity (Wildman–Crippen MR) is 66.9 cm³/mol. The number of hydrogen-bond acceptors (Lipinski definition) is 2. The molecule has 0 saturated carbocycles. The molecule has 0 atom stereocenters. The average molecular weight is 267 g/mol. The molecule has 0 fully saturated rings. The van der Waals surface area contributed by atoms with E-state index in [0.717, 1.165) is 5.56 Å². The highest BCUT2D eigenvalue weighted by atomic mass is 19.4. The Morgan fingerprint density at radius 1 is 0.895 bits per heavy atom. The maximum Gasteiger partial charge on any atom is 0.573 e. The molecule has 0 unspecified atom stereocenters. The van der Waals surface area contributed by atoms with E-state index in [1.807, 2.05) is 30.3 Å². The molecule has 0 amide bonds. The molecule has 2 nitrogen and oxygen atoms in total. The zero-order valence-corrected chi connectivity index (χ0v) is 9.95. The number of alkyl halides is 3. The quantitative estimate of drug-likeness (QED) is 0.896. The van der Waals surface area contributed by atoms with Crippen molar-refractivity contribution in [2.45, 2.75) is 12.9 Å². The number of halogens is 3. The van der Waals surface area contributed by atoms with Crippen LogP contribution in [0.1, 0.15) is 5.56 Å². The van der Waals surface area contributed by atoms with Crippen LogP contribution < -0.4 is 10.1 Å². The minimum absolute atomic E-state index is 0.231. The van der Waals surface area contributed by atoms with Crippen molar-refractivity contribution in [1.82, 2.24) is 0 Å². The third-order valence-electron chi connectivity index (χ3n) is 2.44. The topological polar surface area (TPSA) is 21.3 Å². The number of anilines is 1. The Labute approximate surface area is 108 Å². The van der Waals surface area contributed by atoms with Gasteiger partial charge in [0.25, 0.3) is 0 Å². The van der Waals surface area contributed by atoms with Gasteiger partial charge >= 0.3 is 6.36 Å². The molecule has 100 valence electrons. The van der Waals surface area contributed by atoms with E-state index in [0.29, 0.717) is 12.2 Å². The maximum absolute atomic E-state index is 12.2. The summed E-state index contributed by atoms with van der Waals surface area (Å²) in [6, 6.07) is 15.4. The highest BCUT2D eigenvalue weighted by Crippen LogP contribution is 2.30. The van der Waals surface area contributed by atoms with Crippen LogP contribution in [0.15, 0.2) is 54.6 Å². The average Bonchev–Trinajstić information content (AvgIpc) is 2.37. The van der Waals surface area contributed by atoms with E-state index < -0.39 is 6.36 Å². The van der Waals surface area contributed by atoms with Crippen LogP contribution >= 0.6 is 0 Å². The second-order valence-corrected chi connectivity index (χ2v) is 3.88. The molecule has 0 saturated heterocycles. The summed E-state index contributed by atoms with van der Waals surface area (Å²) in [6.45, 7) is 0.430. The molecule has 2 rings (SSSR count). The van der Waals surface area contributed by atoms with Crippen LogP contribution in [-0.4, -0.2) is 6.36 Å². The van der Waals surface area contributed by atoms with Gasteiger partial charge in [0.15, 0.2) is 5.75 Å². The molecule has 0 spiro atoms. The SMILES string of the molecule is FC(F)(F)Oc1ccccc1NCc1ccccc1. The van der Waals surface area contributed by atoms with Crippen LogP contribution in [0, 0.1) is 0 Å². The van der Waals surface area contributed by atoms with Gasteiger partial charge in [-0.05, 0) is 17.7 Å². The Bertz CT molecular complexity index is 526. The molecule has 1 N–H and O–H groups in total. The summed E-state index contributed by atoms with van der Waals surface area (Å²) < 4.78 is 40.7. The lowest BCUT2D eigenvalue weighted by molar-refractivity contribution is -0.274. The first-order valence-corrected chi connectivity index (χ1v) is 5.67. The van der Waals surface area contributed by atoms with Crippen molar-refractivity contribution >= 4 is 5.69 Å². The van der Waals surface area contributed by atoms with E-state index in [9.17, 15) is 13.2 Å². The molecule has 0 bridgehead atoms. The number of rotatable bonds is 4. The van der Waals surface area contributed by atoms with Gasteiger partial charge in [0.1, 0.15) is 0 Å². The van der Waals surface area contributed by atoms with Crippen molar-refractivity contribution in [3.05, 3.63) is 60.2 Å². The summed E-state index contributed by atoms with van der Waals surface area (Å²) in [5.41, 5.74) is 1.29. The third-order valence-corrected chi connectivity index (χ3v) is 2.44. The molecule has 19 heavy (non-hydrogen) atoms. The highest BCUT2D eigenvalue weighted by molar-refractivity contribution is 5.56. The number of para-hydroxylation sites is 2. The van der Waals surface area contributed by atoms with Crippen molar-refractivity contribution in [1.29, 1.82) is 0 Å². The Morgan fingerprint density at radius 3 is 2.21 bits per heavy atom. The zero-order valence-electron chi connectivity index (χ0n) is 9.95. The lowest BCUT2D eigenvalue weighted by atomic mass is 10.2. The normalized spacial score (nSPS) is 11.1. The molecule has 0 heterocycles. The Kier molecular flexibility index (Phi) is 3.94. The summed E-state index contributed by atoms with van der Waals surface area (Å²) in [5.74, 6) is -0.231. The van der Waals surface area contributed by atoms with Gasteiger partial charge in [-0.15, -0.1) is 13.2 Å². The first kappa shape index (κ1) is 13.3. The minimum Gasteiger partial charge on any atom is -0.404 e. The summed E-state index contributed by atoms with van der Waals surface area (Å²) in [7, 11) is 0. The molecule has 2 aromatic rings. The standard InChI is InChI=1S/C14H12F3NO/c15-14(16,17)19-13-9-5-4-8-12(13)18-10-11-6-2-1-3-7-11/h1-9,18H,10H2. The van der Waals surface area contributed by atoms with Crippen LogP contribution in [-0.2, 0) is 6.54 Å². The summed E-state index contributed by atoms with van der Waals surface area (Å²) >= 11 is 0. The van der Waals surface area contributed by atoms with Gasteiger partial charge in [0, 0.05) is 6.54 Å². The van der Waals surface area contributed by atoms with E-state index in [1.54, 1.807) is 12.1 Å². The largest absolute Gasteiger partial charge is 0.573 e. The van der Waals surface area contributed by atoms with Gasteiger partial charge < -0.3 is 10.1 Å².